The SMILES string of the molecule is CCCCCCCCCCCCOc1cccc(S(=O)(=O)O)c1S(=O)(=O)O. The smallest absolute Gasteiger partial charge is 0.299 e. The number of benzene rings is 1. The molecule has 0 saturated carbocycles. The number of ether oxygens (including phenoxy) is 1. The summed E-state index contributed by atoms with van der Waals surface area (Å²) in [6.07, 6.45) is 11.3. The molecule has 0 heterocycles. The van der Waals surface area contributed by atoms with Crippen molar-refractivity contribution in [2.24, 2.45) is 0 Å². The van der Waals surface area contributed by atoms with Gasteiger partial charge in [-0.05, 0) is 18.6 Å². The van der Waals surface area contributed by atoms with Gasteiger partial charge in [0.2, 0.25) is 0 Å². The summed E-state index contributed by atoms with van der Waals surface area (Å²) in [5, 5.41) is 0. The third-order valence-corrected chi connectivity index (χ3v) is 6.20. The zero-order valence-corrected chi connectivity index (χ0v) is 17.4. The second-order valence-corrected chi connectivity index (χ2v) is 9.31. The summed E-state index contributed by atoms with van der Waals surface area (Å²) in [6, 6.07) is 3.38. The van der Waals surface area contributed by atoms with Gasteiger partial charge in [0.15, 0.2) is 4.90 Å². The van der Waals surface area contributed by atoms with Gasteiger partial charge in [-0.3, -0.25) is 9.11 Å². The Morgan fingerprint density at radius 1 is 0.778 bits per heavy atom. The van der Waals surface area contributed by atoms with Crippen LogP contribution in [0.4, 0.5) is 0 Å². The molecular formula is C18H30O7S2. The highest BCUT2D eigenvalue weighted by molar-refractivity contribution is 7.89. The summed E-state index contributed by atoms with van der Waals surface area (Å²) >= 11 is 0. The van der Waals surface area contributed by atoms with E-state index in [4.69, 9.17) is 9.29 Å². The lowest BCUT2D eigenvalue weighted by Gasteiger charge is -2.12. The molecule has 1 aromatic rings. The first kappa shape index (κ1) is 23.9. The van der Waals surface area contributed by atoms with Crippen molar-refractivity contribution in [1.82, 2.24) is 0 Å². The molecule has 0 aliphatic carbocycles. The fourth-order valence-corrected chi connectivity index (χ4v) is 4.76. The van der Waals surface area contributed by atoms with Gasteiger partial charge in [-0.1, -0.05) is 70.8 Å². The number of hydrogen-bond donors (Lipinski definition) is 2. The van der Waals surface area contributed by atoms with Gasteiger partial charge in [0.1, 0.15) is 10.6 Å². The van der Waals surface area contributed by atoms with Crippen molar-refractivity contribution >= 4 is 20.2 Å². The molecule has 0 atom stereocenters. The van der Waals surface area contributed by atoms with Gasteiger partial charge in [-0.25, -0.2) is 0 Å². The zero-order chi connectivity index (χ0) is 20.3. The lowest BCUT2D eigenvalue weighted by atomic mass is 10.1. The molecule has 27 heavy (non-hydrogen) atoms. The molecule has 7 nitrogen and oxygen atoms in total. The Bertz CT molecular complexity index is 771. The number of unbranched alkanes of at least 4 members (excludes halogenated alkanes) is 9. The molecule has 0 aromatic heterocycles. The lowest BCUT2D eigenvalue weighted by Crippen LogP contribution is -2.11. The second kappa shape index (κ2) is 11.6. The number of rotatable bonds is 14. The maximum absolute atomic E-state index is 11.5. The van der Waals surface area contributed by atoms with Gasteiger partial charge in [0.25, 0.3) is 20.2 Å². The van der Waals surface area contributed by atoms with E-state index in [1.54, 1.807) is 0 Å². The lowest BCUT2D eigenvalue weighted by molar-refractivity contribution is 0.293. The molecule has 0 aliphatic heterocycles. The molecule has 0 unspecified atom stereocenters. The second-order valence-electron chi connectivity index (χ2n) is 6.56. The summed E-state index contributed by atoms with van der Waals surface area (Å²) in [5.41, 5.74) is 0. The van der Waals surface area contributed by atoms with Crippen LogP contribution < -0.4 is 4.74 Å². The van der Waals surface area contributed by atoms with Crippen LogP contribution in [-0.2, 0) is 20.2 Å². The average Bonchev–Trinajstić information content (AvgIpc) is 2.57. The van der Waals surface area contributed by atoms with Crippen molar-refractivity contribution in [2.75, 3.05) is 6.61 Å². The summed E-state index contributed by atoms with van der Waals surface area (Å²) in [6.45, 7) is 2.38. The molecule has 0 bridgehead atoms. The molecule has 9 heteroatoms. The zero-order valence-electron chi connectivity index (χ0n) is 15.8. The van der Waals surface area contributed by atoms with Gasteiger partial charge in [0, 0.05) is 0 Å². The predicted molar refractivity (Wildman–Crippen MR) is 103 cm³/mol. The van der Waals surface area contributed by atoms with Crippen LogP contribution in [-0.4, -0.2) is 32.5 Å². The van der Waals surface area contributed by atoms with Gasteiger partial charge < -0.3 is 4.74 Å². The van der Waals surface area contributed by atoms with Crippen LogP contribution in [0.5, 0.6) is 5.75 Å². The highest BCUT2D eigenvalue weighted by atomic mass is 32.2. The largest absolute Gasteiger partial charge is 0.492 e. The molecule has 1 rings (SSSR count). The van der Waals surface area contributed by atoms with Crippen molar-refractivity contribution < 1.29 is 30.7 Å². The van der Waals surface area contributed by atoms with Crippen LogP contribution in [0.15, 0.2) is 28.0 Å². The first-order valence-corrected chi connectivity index (χ1v) is 12.3. The summed E-state index contributed by atoms with van der Waals surface area (Å²) in [4.78, 5) is -1.83. The maximum atomic E-state index is 11.5. The van der Waals surface area contributed by atoms with Crippen molar-refractivity contribution in [3.8, 4) is 5.75 Å². The van der Waals surface area contributed by atoms with Crippen molar-refractivity contribution in [3.63, 3.8) is 0 Å². The summed E-state index contributed by atoms with van der Waals surface area (Å²) < 4.78 is 69.5. The molecular weight excluding hydrogens is 392 g/mol. The molecule has 0 saturated heterocycles. The van der Waals surface area contributed by atoms with Crippen LogP contribution in [0.25, 0.3) is 0 Å². The quantitative estimate of drug-likeness (QED) is 0.335. The van der Waals surface area contributed by atoms with E-state index < -0.39 is 30.0 Å². The standard InChI is InChI=1S/C18H30O7S2/c1-2-3-4-5-6-7-8-9-10-11-15-25-16-13-12-14-17(26(19,20)21)18(16)27(22,23)24/h12-14H,2-11,15H2,1H3,(H,19,20,21)(H,22,23,24). The molecule has 0 amide bonds. The maximum Gasteiger partial charge on any atom is 0.299 e. The van der Waals surface area contributed by atoms with Crippen LogP contribution in [0.2, 0.25) is 0 Å². The minimum absolute atomic E-state index is 0.188. The van der Waals surface area contributed by atoms with Gasteiger partial charge in [-0.15, -0.1) is 0 Å². The average molecular weight is 423 g/mol. The van der Waals surface area contributed by atoms with Crippen LogP contribution in [0, 0.1) is 0 Å². The molecule has 0 aliphatic rings. The monoisotopic (exact) mass is 422 g/mol. The van der Waals surface area contributed by atoms with E-state index in [0.717, 1.165) is 25.3 Å². The third-order valence-electron chi connectivity index (χ3n) is 4.23. The van der Waals surface area contributed by atoms with E-state index in [-0.39, 0.29) is 12.4 Å². The summed E-state index contributed by atoms with van der Waals surface area (Å²) in [5.74, 6) is -0.288. The van der Waals surface area contributed by atoms with E-state index in [9.17, 15) is 21.4 Å². The topological polar surface area (TPSA) is 118 Å². The molecule has 156 valence electrons. The van der Waals surface area contributed by atoms with Gasteiger partial charge in [0.05, 0.1) is 6.61 Å². The predicted octanol–water partition coefficient (Wildman–Crippen LogP) is 4.48. The van der Waals surface area contributed by atoms with Crippen molar-refractivity contribution in [3.05, 3.63) is 18.2 Å². The van der Waals surface area contributed by atoms with Gasteiger partial charge >= 0.3 is 0 Å². The third kappa shape index (κ3) is 9.05. The molecule has 1 aromatic carbocycles. The molecule has 0 radical (unpaired) electrons. The van der Waals surface area contributed by atoms with E-state index in [1.807, 2.05) is 0 Å². The van der Waals surface area contributed by atoms with Crippen LogP contribution in [0.3, 0.4) is 0 Å². The van der Waals surface area contributed by atoms with E-state index in [0.29, 0.717) is 6.42 Å². The fourth-order valence-electron chi connectivity index (χ4n) is 2.84. The molecule has 2 N–H and O–H groups in total. The Hall–Kier alpha value is -1.16. The Morgan fingerprint density at radius 3 is 1.78 bits per heavy atom. The van der Waals surface area contributed by atoms with Crippen molar-refractivity contribution in [2.45, 2.75) is 80.9 Å². The Kier molecular flexibility index (Phi) is 10.3. The Labute approximate surface area is 162 Å². The molecule has 0 fully saturated rings. The highest BCUT2D eigenvalue weighted by Crippen LogP contribution is 2.30. The first-order valence-electron chi connectivity index (χ1n) is 9.38. The van der Waals surface area contributed by atoms with E-state index in [1.165, 1.54) is 50.7 Å². The molecule has 0 spiro atoms. The highest BCUT2D eigenvalue weighted by Gasteiger charge is 2.28. The van der Waals surface area contributed by atoms with Gasteiger partial charge in [-0.2, -0.15) is 16.8 Å². The van der Waals surface area contributed by atoms with Crippen LogP contribution >= 0.6 is 0 Å². The van der Waals surface area contributed by atoms with E-state index in [2.05, 4.69) is 6.92 Å². The Balaban J connectivity index is 2.46. The number of hydrogen-bond acceptors (Lipinski definition) is 5. The minimum atomic E-state index is -4.88. The van der Waals surface area contributed by atoms with Crippen LogP contribution in [0.1, 0.15) is 71.1 Å². The fraction of sp³-hybridized carbons (Fsp3) is 0.667. The minimum Gasteiger partial charge on any atom is -0.492 e. The normalized spacial score (nSPS) is 12.3. The van der Waals surface area contributed by atoms with E-state index >= 15 is 0 Å². The Morgan fingerprint density at radius 2 is 1.30 bits per heavy atom. The summed E-state index contributed by atoms with van der Waals surface area (Å²) in [7, 11) is -9.69. The first-order chi connectivity index (χ1) is 12.7. The van der Waals surface area contributed by atoms with Crippen molar-refractivity contribution in [1.29, 1.82) is 0 Å².